The van der Waals surface area contributed by atoms with Crippen molar-refractivity contribution >= 4 is 17.4 Å². The van der Waals surface area contributed by atoms with Crippen molar-refractivity contribution in [2.75, 3.05) is 0 Å². The second-order valence-electron chi connectivity index (χ2n) is 0. The Bertz CT molecular complexity index is 6.00. The van der Waals surface area contributed by atoms with Gasteiger partial charge in [0.15, 0.2) is 0 Å². The van der Waals surface area contributed by atoms with Crippen LogP contribution in [0.2, 0.25) is 0 Å². The van der Waals surface area contributed by atoms with E-state index in [-0.39, 0.29) is 50.0 Å². The maximum absolute atomic E-state index is 0. The van der Waals surface area contributed by atoms with E-state index in [2.05, 4.69) is 0 Å². The first-order chi connectivity index (χ1) is 0. The van der Waals surface area contributed by atoms with Crippen LogP contribution in [0, 0.1) is 0 Å². The van der Waals surface area contributed by atoms with Gasteiger partial charge < -0.3 is 11.0 Å². The minimum absolute atomic E-state index is 0. The van der Waals surface area contributed by atoms with Crippen LogP contribution in [0.25, 0.3) is 0 Å². The minimum Gasteiger partial charge on any atom is -2.00 e. The van der Waals surface area contributed by atoms with Crippen LogP contribution in [0.15, 0.2) is 0 Å². The van der Waals surface area contributed by atoms with Gasteiger partial charge in [-0.15, -0.1) is 0 Å². The molecule has 0 aliphatic carbocycles. The van der Waals surface area contributed by atoms with Gasteiger partial charge in [-0.1, -0.05) is 0 Å². The quantitative estimate of drug-likeness (QED) is 0.379. The van der Waals surface area contributed by atoms with Crippen molar-refractivity contribution in [3.63, 3.8) is 0 Å². The Morgan fingerprint density at radius 2 is 1.00 bits per heavy atom. The van der Waals surface area contributed by atoms with E-state index in [0.29, 0.717) is 0 Å². The van der Waals surface area contributed by atoms with Crippen molar-refractivity contribution in [3.05, 3.63) is 0 Å². The third-order valence-electron chi connectivity index (χ3n) is 0. The van der Waals surface area contributed by atoms with E-state index in [0.717, 1.165) is 0 Å². The summed E-state index contributed by atoms with van der Waals surface area (Å²) in [5.74, 6) is 0. The molecule has 0 aromatic rings. The van der Waals surface area contributed by atoms with Crippen LogP contribution < -0.4 is 0 Å². The van der Waals surface area contributed by atoms with Crippen LogP contribution in [0.1, 0.15) is 0 Å². The Hall–Kier alpha value is 1.17. The number of rotatable bonds is 0. The molecule has 0 aromatic carbocycles. The maximum atomic E-state index is 0. The minimum atomic E-state index is 0. The largest absolute Gasteiger partial charge is 4.00 e. The summed E-state index contributed by atoms with van der Waals surface area (Å²) in [5.41, 5.74) is 0. The van der Waals surface area contributed by atoms with Gasteiger partial charge in [0, 0.05) is 0 Å². The van der Waals surface area contributed by atoms with Gasteiger partial charge in [0.25, 0.3) is 0 Å². The van der Waals surface area contributed by atoms with E-state index < -0.39 is 0 Å². The summed E-state index contributed by atoms with van der Waals surface area (Å²) >= 11 is 0. The van der Waals surface area contributed by atoms with Gasteiger partial charge in [-0.05, 0) is 0 Å². The number of hydrogen-bond donors (Lipinski definition) is 0. The van der Waals surface area contributed by atoms with Crippen LogP contribution >= 0.6 is 0 Å². The second kappa shape index (κ2) is 30.7. The van der Waals surface area contributed by atoms with Gasteiger partial charge in [-0.25, -0.2) is 0 Å². The molecule has 0 aromatic heterocycles. The van der Waals surface area contributed by atoms with Crippen LogP contribution in [0.4, 0.5) is 0 Å². The van der Waals surface area contributed by atoms with Gasteiger partial charge in [-0.3, -0.25) is 0 Å². The third-order valence-corrected chi connectivity index (χ3v) is 0. The van der Waals surface area contributed by atoms with E-state index in [9.17, 15) is 0 Å². The predicted molar refractivity (Wildman–Crippen MR) is 8.38 cm³/mol. The molecule has 16 valence electrons. The molecule has 0 aliphatic rings. The molecule has 0 saturated heterocycles. The van der Waals surface area contributed by atoms with E-state index in [1.54, 1.807) is 0 Å². The molecule has 0 amide bonds. The molecule has 0 aliphatic heterocycles. The molecule has 0 unspecified atom stereocenters. The average Bonchev–Trinajstić information content (AvgIpc) is 0. The molecule has 0 fully saturated rings. The van der Waals surface area contributed by atoms with Crippen LogP contribution in [-0.4, -0.2) is 22.8 Å². The molecule has 0 rings (SSSR count). The summed E-state index contributed by atoms with van der Waals surface area (Å²) in [4.78, 5) is 0. The molecule has 0 spiro atoms. The summed E-state index contributed by atoms with van der Waals surface area (Å²) in [5, 5.41) is 0. The smallest absolute Gasteiger partial charge is 2.00 e. The number of hydrogen-bond acceptors (Lipinski definition) is 1. The first-order valence-corrected chi connectivity index (χ1v) is 0. The fourth-order valence-corrected chi connectivity index (χ4v) is 0. The van der Waals surface area contributed by atoms with E-state index in [1.165, 1.54) is 0 Å². The predicted octanol–water partition coefficient (Wildman–Crippen LogP) is -0.679. The first kappa shape index (κ1) is 65.9. The summed E-state index contributed by atoms with van der Waals surface area (Å²) in [6.07, 6.45) is 0. The van der Waals surface area contributed by atoms with E-state index in [1.807, 2.05) is 0 Å². The Morgan fingerprint density at radius 1 is 1.00 bits per heavy atom. The Morgan fingerprint density at radius 3 is 1.00 bits per heavy atom. The zero-order valence-corrected chi connectivity index (χ0v) is 4.65. The van der Waals surface area contributed by atoms with Gasteiger partial charge in [0.1, 0.15) is 0 Å². The standard InChI is InChI=1S/Al.H2O.O.Ti/h;1H2;;/q+3;;-2;+4/p-1. The SMILES string of the molecule is [Al+3].[O-2].[OH-].[Ti+4]. The summed E-state index contributed by atoms with van der Waals surface area (Å²) < 4.78 is 0. The molecule has 2 nitrogen and oxygen atoms in total. The molecule has 0 saturated carbocycles. The molecule has 0 heterocycles. The van der Waals surface area contributed by atoms with Crippen molar-refractivity contribution in [2.45, 2.75) is 0 Å². The fourth-order valence-electron chi connectivity index (χ4n) is 0. The molecular weight excluding hydrogens is 107 g/mol. The molecule has 4 heteroatoms. The van der Waals surface area contributed by atoms with E-state index >= 15 is 0 Å². The Kier molecular flexibility index (Phi) is 506. The molecular formula is HAlO2Ti+4. The van der Waals surface area contributed by atoms with Crippen molar-refractivity contribution in [2.24, 2.45) is 0 Å². The molecule has 0 bridgehead atoms. The van der Waals surface area contributed by atoms with Crippen molar-refractivity contribution in [1.82, 2.24) is 0 Å². The van der Waals surface area contributed by atoms with Gasteiger partial charge in [-0.2, -0.15) is 0 Å². The molecule has 0 atom stereocenters. The van der Waals surface area contributed by atoms with Gasteiger partial charge in [0.05, 0.1) is 0 Å². The Labute approximate surface area is 50.2 Å². The Balaban J connectivity index is 0. The van der Waals surface area contributed by atoms with E-state index in [4.69, 9.17) is 0 Å². The average molecular weight is 108 g/mol. The normalized spacial score (nSPS) is 0. The topological polar surface area (TPSA) is 58.5 Å². The van der Waals surface area contributed by atoms with Gasteiger partial charge >= 0.3 is 39.1 Å². The van der Waals surface area contributed by atoms with Crippen LogP contribution in [0.5, 0.6) is 0 Å². The molecule has 4 heavy (non-hydrogen) atoms. The van der Waals surface area contributed by atoms with Crippen molar-refractivity contribution < 1.29 is 32.7 Å². The molecule has 1 N–H and O–H groups in total. The summed E-state index contributed by atoms with van der Waals surface area (Å²) in [6.45, 7) is 0. The third kappa shape index (κ3) is 10.9. The van der Waals surface area contributed by atoms with Crippen LogP contribution in [-0.2, 0) is 27.2 Å². The zero-order chi connectivity index (χ0) is 0. The van der Waals surface area contributed by atoms with Crippen LogP contribution in [0.3, 0.4) is 0 Å². The fraction of sp³-hybridized carbons (Fsp3) is 0. The monoisotopic (exact) mass is 108 g/mol. The van der Waals surface area contributed by atoms with Gasteiger partial charge in [0.2, 0.25) is 0 Å². The van der Waals surface area contributed by atoms with Crippen molar-refractivity contribution in [1.29, 1.82) is 0 Å². The zero-order valence-electron chi connectivity index (χ0n) is 1.93. The maximum Gasteiger partial charge on any atom is 4.00 e. The van der Waals surface area contributed by atoms with Crippen molar-refractivity contribution in [3.8, 4) is 0 Å². The summed E-state index contributed by atoms with van der Waals surface area (Å²) in [7, 11) is 0. The molecule has 0 radical (unpaired) electrons. The first-order valence-electron chi connectivity index (χ1n) is 0. The second-order valence-corrected chi connectivity index (χ2v) is 0. The summed E-state index contributed by atoms with van der Waals surface area (Å²) in [6, 6.07) is 0.